The molecule has 0 aromatic rings. The zero-order valence-corrected chi connectivity index (χ0v) is 8.79. The monoisotopic (exact) mass is 308 g/mol. The first kappa shape index (κ1) is 11.4. The van der Waals surface area contributed by atoms with Crippen molar-refractivity contribution in [2.24, 2.45) is 0 Å². The quantitative estimate of drug-likeness (QED) is 0.417. The predicted molar refractivity (Wildman–Crippen MR) is 37.8 cm³/mol. The smallest absolute Gasteiger partial charge is 0 e. The van der Waals surface area contributed by atoms with E-state index in [1.165, 1.54) is 0 Å². The molecule has 0 atom stereocenters. The summed E-state index contributed by atoms with van der Waals surface area (Å²) in [6, 6.07) is 1.13. The van der Waals surface area contributed by atoms with Gasteiger partial charge in [-0.1, -0.05) is 33.3 Å². The summed E-state index contributed by atoms with van der Waals surface area (Å²) < 4.78 is 0. The van der Waals surface area contributed by atoms with E-state index in [0.29, 0.717) is 0 Å². The second-order valence-corrected chi connectivity index (χ2v) is 7.39. The van der Waals surface area contributed by atoms with Crippen molar-refractivity contribution >= 4 is 8.07 Å². The minimum atomic E-state index is -1.03. The summed E-state index contributed by atoms with van der Waals surface area (Å²) in [7, 11) is -1.03. The largest absolute Gasteiger partial charge is 0.342 e. The molecule has 0 N–H and O–H groups in total. The summed E-state index contributed by atoms with van der Waals surface area (Å²) in [5, 5.41) is 0. The van der Waals surface area contributed by atoms with Crippen LogP contribution in [-0.2, 0) is 21.1 Å². The average Bonchev–Trinajstić information content (AvgIpc) is 1.30. The standard InChI is InChI=1S/C6H13Si.Pt/c1-5-6-7(2,3)4;/h5H,1-2,6H2,3-4H3;/q-1;. The minimum Gasteiger partial charge on any atom is -0.342 e. The van der Waals surface area contributed by atoms with Crippen molar-refractivity contribution < 1.29 is 21.1 Å². The van der Waals surface area contributed by atoms with Crippen molar-refractivity contribution in [2.45, 2.75) is 19.1 Å². The van der Waals surface area contributed by atoms with Crippen LogP contribution in [0.2, 0.25) is 19.1 Å². The van der Waals surface area contributed by atoms with Gasteiger partial charge in [0.15, 0.2) is 0 Å². The number of hydrogen-bond acceptors (Lipinski definition) is 0. The van der Waals surface area contributed by atoms with Crippen LogP contribution in [0.4, 0.5) is 0 Å². The van der Waals surface area contributed by atoms with E-state index in [1.807, 2.05) is 6.08 Å². The Kier molecular flexibility index (Phi) is 6.46. The van der Waals surface area contributed by atoms with Crippen LogP contribution in [0.5, 0.6) is 0 Å². The van der Waals surface area contributed by atoms with Gasteiger partial charge in [0.25, 0.3) is 0 Å². The fourth-order valence-corrected chi connectivity index (χ4v) is 1.17. The van der Waals surface area contributed by atoms with Crippen LogP contribution in [0, 0.1) is 6.55 Å². The van der Waals surface area contributed by atoms with Crippen molar-refractivity contribution in [1.82, 2.24) is 0 Å². The first-order chi connectivity index (χ1) is 3.06. The zero-order valence-electron chi connectivity index (χ0n) is 5.51. The summed E-state index contributed by atoms with van der Waals surface area (Å²) in [5.74, 6) is 0. The first-order valence-electron chi connectivity index (χ1n) is 2.52. The molecule has 0 aromatic carbocycles. The van der Waals surface area contributed by atoms with Crippen LogP contribution < -0.4 is 0 Å². The molecule has 0 saturated carbocycles. The molecule has 0 fully saturated rings. The summed E-state index contributed by atoms with van der Waals surface area (Å²) in [5.41, 5.74) is 0. The maximum atomic E-state index is 4.03. The van der Waals surface area contributed by atoms with E-state index in [-0.39, 0.29) is 21.1 Å². The summed E-state index contributed by atoms with van der Waals surface area (Å²) >= 11 is 0. The van der Waals surface area contributed by atoms with Gasteiger partial charge in [0.05, 0.1) is 0 Å². The fraction of sp³-hybridized carbons (Fsp3) is 0.500. The molecule has 0 aliphatic rings. The molecule has 0 aromatic heterocycles. The van der Waals surface area contributed by atoms with Gasteiger partial charge in [0.1, 0.15) is 0 Å². The van der Waals surface area contributed by atoms with Crippen LogP contribution in [0.15, 0.2) is 12.7 Å². The molecule has 0 aliphatic heterocycles. The van der Waals surface area contributed by atoms with E-state index < -0.39 is 8.07 Å². The number of rotatable bonds is 2. The molecule has 52 valence electrons. The van der Waals surface area contributed by atoms with E-state index >= 15 is 0 Å². The molecule has 0 spiro atoms. The molecule has 0 unspecified atom stereocenters. The van der Waals surface area contributed by atoms with Gasteiger partial charge >= 0.3 is 0 Å². The third-order valence-electron chi connectivity index (χ3n) is 0.697. The average molecular weight is 308 g/mol. The maximum absolute atomic E-state index is 4.03. The van der Waals surface area contributed by atoms with Crippen LogP contribution >= 0.6 is 0 Å². The topological polar surface area (TPSA) is 0 Å². The molecule has 0 saturated heterocycles. The van der Waals surface area contributed by atoms with Gasteiger partial charge in [-0.05, 0) is 0 Å². The third kappa shape index (κ3) is 9.81. The van der Waals surface area contributed by atoms with Crippen molar-refractivity contribution in [1.29, 1.82) is 0 Å². The molecule has 0 rings (SSSR count). The van der Waals surface area contributed by atoms with Gasteiger partial charge in [-0.2, -0.15) is 0 Å². The van der Waals surface area contributed by atoms with Gasteiger partial charge in [0.2, 0.25) is 0 Å². The Morgan fingerprint density at radius 2 is 2.00 bits per heavy atom. The molecule has 0 bridgehead atoms. The van der Waals surface area contributed by atoms with Gasteiger partial charge in [-0.3, -0.25) is 0 Å². The van der Waals surface area contributed by atoms with Gasteiger partial charge in [-0.15, -0.1) is 6.58 Å². The molecule has 2 heteroatoms. The second-order valence-electron chi connectivity index (χ2n) is 2.66. The van der Waals surface area contributed by atoms with E-state index in [4.69, 9.17) is 0 Å². The Morgan fingerprint density at radius 3 is 2.00 bits per heavy atom. The summed E-state index contributed by atoms with van der Waals surface area (Å²) in [6.07, 6.45) is 1.96. The maximum Gasteiger partial charge on any atom is 0 e. The summed E-state index contributed by atoms with van der Waals surface area (Å²) in [6.45, 7) is 12.1. The normalized spacial score (nSPS) is 9.88. The Labute approximate surface area is 67.6 Å². The zero-order chi connectivity index (χ0) is 5.91. The van der Waals surface area contributed by atoms with Crippen molar-refractivity contribution in [3.05, 3.63) is 19.2 Å². The second kappa shape index (κ2) is 4.52. The Balaban J connectivity index is 0. The van der Waals surface area contributed by atoms with Crippen molar-refractivity contribution in [3.63, 3.8) is 0 Å². The van der Waals surface area contributed by atoms with E-state index in [2.05, 4.69) is 26.2 Å². The van der Waals surface area contributed by atoms with E-state index in [9.17, 15) is 0 Å². The number of allylic oxidation sites excluding steroid dienone is 1. The van der Waals surface area contributed by atoms with Crippen molar-refractivity contribution in [3.8, 4) is 0 Å². The molecule has 0 heterocycles. The minimum absolute atomic E-state index is 0. The molecule has 0 aliphatic carbocycles. The molecule has 0 amide bonds. The van der Waals surface area contributed by atoms with Crippen LogP contribution in [0.3, 0.4) is 0 Å². The SMILES string of the molecule is C=CC[Si]([CH2-])(C)C.[Pt]. The van der Waals surface area contributed by atoms with Crippen LogP contribution in [0.1, 0.15) is 0 Å². The first-order valence-corrected chi connectivity index (χ1v) is 5.94. The van der Waals surface area contributed by atoms with Gasteiger partial charge in [-0.25, -0.2) is 0 Å². The Bertz CT molecular complexity index is 63.4. The van der Waals surface area contributed by atoms with Crippen LogP contribution in [0.25, 0.3) is 0 Å². The van der Waals surface area contributed by atoms with Crippen LogP contribution in [-0.4, -0.2) is 8.07 Å². The molecule has 8 heavy (non-hydrogen) atoms. The third-order valence-corrected chi connectivity index (χ3v) is 2.09. The van der Waals surface area contributed by atoms with Gasteiger partial charge in [0, 0.05) is 21.1 Å². The van der Waals surface area contributed by atoms with Crippen molar-refractivity contribution in [2.75, 3.05) is 0 Å². The molecular formula is C6H13PtSi-. The molecule has 0 radical (unpaired) electrons. The van der Waals surface area contributed by atoms with E-state index in [1.54, 1.807) is 0 Å². The fourth-order valence-electron chi connectivity index (χ4n) is 0.391. The Hall–Kier alpha value is 0.645. The van der Waals surface area contributed by atoms with Gasteiger partial charge < -0.3 is 6.55 Å². The molecule has 0 nitrogen and oxygen atoms in total. The summed E-state index contributed by atoms with van der Waals surface area (Å²) in [4.78, 5) is 0. The molecular weight excluding hydrogens is 295 g/mol. The van der Waals surface area contributed by atoms with E-state index in [0.717, 1.165) is 6.04 Å². The number of hydrogen-bond donors (Lipinski definition) is 0. The Morgan fingerprint density at radius 1 is 1.62 bits per heavy atom. The predicted octanol–water partition coefficient (Wildman–Crippen LogP) is 2.25.